The van der Waals surface area contributed by atoms with E-state index in [1.165, 1.54) is 16.4 Å². The molecule has 0 N–H and O–H groups in total. The first kappa shape index (κ1) is 15.6. The van der Waals surface area contributed by atoms with Crippen LogP contribution in [0.25, 0.3) is 0 Å². The monoisotopic (exact) mass is 312 g/mol. The average molecular weight is 312 g/mol. The molecule has 1 aromatic carbocycles. The molecule has 0 atom stereocenters. The number of nitrogens with zero attached hydrogens (tertiary/aromatic N) is 2. The summed E-state index contributed by atoms with van der Waals surface area (Å²) < 4.78 is 26.5. The predicted octanol–water partition coefficient (Wildman–Crippen LogP) is 1.50. The van der Waals surface area contributed by atoms with Crippen LogP contribution in [0, 0.1) is 23.0 Å². The summed E-state index contributed by atoms with van der Waals surface area (Å²) >= 11 is 0. The SMILES string of the molecule is Cc1ccc([N+](=O)[O-])cc1S(=O)(=O)N1CCC(C=O)CC1. The molecule has 0 saturated carbocycles. The van der Waals surface area contributed by atoms with Crippen molar-refractivity contribution in [2.75, 3.05) is 13.1 Å². The maximum Gasteiger partial charge on any atom is 0.270 e. The van der Waals surface area contributed by atoms with Gasteiger partial charge in [-0.25, -0.2) is 8.42 Å². The van der Waals surface area contributed by atoms with Crippen LogP contribution in [0.4, 0.5) is 5.69 Å². The number of benzene rings is 1. The molecule has 0 bridgehead atoms. The van der Waals surface area contributed by atoms with Crippen LogP contribution in [0.5, 0.6) is 0 Å². The molecule has 0 aliphatic carbocycles. The summed E-state index contributed by atoms with van der Waals surface area (Å²) in [5, 5.41) is 10.8. The standard InChI is InChI=1S/C13H16N2O5S/c1-10-2-3-12(15(17)18)8-13(10)21(19,20)14-6-4-11(9-16)5-7-14/h2-3,8-9,11H,4-7H2,1H3. The van der Waals surface area contributed by atoms with Gasteiger partial charge in [0.05, 0.1) is 9.82 Å². The van der Waals surface area contributed by atoms with Crippen LogP contribution in [0.3, 0.4) is 0 Å². The molecule has 0 aromatic heterocycles. The summed E-state index contributed by atoms with van der Waals surface area (Å²) in [5.41, 5.74) is 0.222. The fourth-order valence-corrected chi connectivity index (χ4v) is 4.09. The number of carbonyl (C=O) groups is 1. The Morgan fingerprint density at radius 1 is 1.33 bits per heavy atom. The zero-order valence-electron chi connectivity index (χ0n) is 11.6. The number of non-ortho nitro benzene ring substituents is 1. The van der Waals surface area contributed by atoms with Crippen molar-refractivity contribution in [3.8, 4) is 0 Å². The zero-order chi connectivity index (χ0) is 15.6. The Labute approximate surface area is 122 Å². The van der Waals surface area contributed by atoms with Gasteiger partial charge in [-0.1, -0.05) is 6.07 Å². The van der Waals surface area contributed by atoms with Gasteiger partial charge in [-0.3, -0.25) is 10.1 Å². The van der Waals surface area contributed by atoms with Gasteiger partial charge in [0, 0.05) is 31.1 Å². The average Bonchev–Trinajstić information content (AvgIpc) is 2.47. The Morgan fingerprint density at radius 2 is 1.95 bits per heavy atom. The normalized spacial score (nSPS) is 17.6. The summed E-state index contributed by atoms with van der Waals surface area (Å²) in [6, 6.07) is 3.81. The molecule has 7 nitrogen and oxygen atoms in total. The lowest BCUT2D eigenvalue weighted by Gasteiger charge is -2.29. The fraction of sp³-hybridized carbons (Fsp3) is 0.462. The third-order valence-electron chi connectivity index (χ3n) is 3.69. The molecule has 21 heavy (non-hydrogen) atoms. The number of hydrogen-bond donors (Lipinski definition) is 0. The van der Waals surface area contributed by atoms with Crippen LogP contribution < -0.4 is 0 Å². The lowest BCUT2D eigenvalue weighted by molar-refractivity contribution is -0.385. The van der Waals surface area contributed by atoms with Crippen molar-refractivity contribution in [2.45, 2.75) is 24.7 Å². The van der Waals surface area contributed by atoms with Crippen LogP contribution in [0.15, 0.2) is 23.1 Å². The van der Waals surface area contributed by atoms with Crippen LogP contribution in [0.1, 0.15) is 18.4 Å². The Bertz CT molecular complexity index is 663. The number of aldehydes is 1. The summed E-state index contributed by atoms with van der Waals surface area (Å²) in [7, 11) is -3.77. The van der Waals surface area contributed by atoms with Gasteiger partial charge < -0.3 is 4.79 Å². The number of piperidine rings is 1. The second kappa shape index (κ2) is 5.90. The van der Waals surface area contributed by atoms with Gasteiger partial charge >= 0.3 is 0 Å². The van der Waals surface area contributed by atoms with E-state index < -0.39 is 14.9 Å². The molecule has 1 heterocycles. The van der Waals surface area contributed by atoms with Gasteiger partial charge in [-0.05, 0) is 25.3 Å². The van der Waals surface area contributed by atoms with Crippen LogP contribution >= 0.6 is 0 Å². The van der Waals surface area contributed by atoms with Gasteiger partial charge in [-0.2, -0.15) is 4.31 Å². The Kier molecular flexibility index (Phi) is 4.38. The molecule has 1 saturated heterocycles. The second-order valence-electron chi connectivity index (χ2n) is 5.08. The van der Waals surface area contributed by atoms with E-state index in [4.69, 9.17) is 0 Å². The number of nitro benzene ring substituents is 1. The number of carbonyl (C=O) groups excluding carboxylic acids is 1. The van der Waals surface area contributed by atoms with Crippen LogP contribution in [0.2, 0.25) is 0 Å². The van der Waals surface area contributed by atoms with Crippen LogP contribution in [-0.2, 0) is 14.8 Å². The maximum absolute atomic E-state index is 12.6. The first-order chi connectivity index (χ1) is 9.86. The lowest BCUT2D eigenvalue weighted by atomic mass is 10.0. The molecule has 1 fully saturated rings. The Hall–Kier alpha value is -1.80. The second-order valence-corrected chi connectivity index (χ2v) is 6.99. The van der Waals surface area contributed by atoms with Crippen molar-refractivity contribution >= 4 is 22.0 Å². The van der Waals surface area contributed by atoms with E-state index in [9.17, 15) is 23.3 Å². The van der Waals surface area contributed by atoms with Crippen LogP contribution in [-0.4, -0.2) is 37.0 Å². The summed E-state index contributed by atoms with van der Waals surface area (Å²) in [6.45, 7) is 2.12. The molecular formula is C13H16N2O5S. The predicted molar refractivity (Wildman–Crippen MR) is 75.4 cm³/mol. The van der Waals surface area contributed by atoms with Crippen molar-refractivity contribution in [2.24, 2.45) is 5.92 Å². The largest absolute Gasteiger partial charge is 0.303 e. The number of hydrogen-bond acceptors (Lipinski definition) is 5. The lowest BCUT2D eigenvalue weighted by Crippen LogP contribution is -2.39. The number of sulfonamides is 1. The minimum Gasteiger partial charge on any atom is -0.303 e. The van der Waals surface area contributed by atoms with Crippen molar-refractivity contribution in [3.63, 3.8) is 0 Å². The van der Waals surface area contributed by atoms with Gasteiger partial charge in [0.1, 0.15) is 6.29 Å². The van der Waals surface area contributed by atoms with E-state index in [1.54, 1.807) is 6.92 Å². The smallest absolute Gasteiger partial charge is 0.270 e. The third kappa shape index (κ3) is 3.11. The van der Waals surface area contributed by atoms with Crippen molar-refractivity contribution in [1.29, 1.82) is 0 Å². The molecule has 0 radical (unpaired) electrons. The molecular weight excluding hydrogens is 296 g/mol. The minimum absolute atomic E-state index is 0.0405. The molecule has 1 aliphatic rings. The molecule has 1 aliphatic heterocycles. The summed E-state index contributed by atoms with van der Waals surface area (Å²) in [6.07, 6.45) is 1.82. The number of rotatable bonds is 4. The molecule has 0 unspecified atom stereocenters. The number of nitro groups is 1. The van der Waals surface area contributed by atoms with E-state index in [0.29, 0.717) is 18.4 Å². The highest BCUT2D eigenvalue weighted by Crippen LogP contribution is 2.27. The van der Waals surface area contributed by atoms with E-state index in [1.807, 2.05) is 0 Å². The third-order valence-corrected chi connectivity index (χ3v) is 5.73. The highest BCUT2D eigenvalue weighted by Gasteiger charge is 2.31. The van der Waals surface area contributed by atoms with E-state index in [0.717, 1.165) is 12.4 Å². The van der Waals surface area contributed by atoms with Crippen molar-refractivity contribution < 1.29 is 18.1 Å². The van der Waals surface area contributed by atoms with Gasteiger partial charge in [-0.15, -0.1) is 0 Å². The summed E-state index contributed by atoms with van der Waals surface area (Å²) in [5.74, 6) is -0.109. The molecule has 0 spiro atoms. The van der Waals surface area contributed by atoms with Gasteiger partial charge in [0.2, 0.25) is 10.0 Å². The molecule has 1 aromatic rings. The Balaban J connectivity index is 2.34. The fourth-order valence-electron chi connectivity index (χ4n) is 2.37. The minimum atomic E-state index is -3.77. The van der Waals surface area contributed by atoms with E-state index in [-0.39, 0.29) is 29.6 Å². The maximum atomic E-state index is 12.6. The molecule has 114 valence electrons. The first-order valence-corrected chi connectivity index (χ1v) is 8.00. The van der Waals surface area contributed by atoms with Crippen molar-refractivity contribution in [3.05, 3.63) is 33.9 Å². The van der Waals surface area contributed by atoms with Gasteiger partial charge in [0.25, 0.3) is 5.69 Å². The Morgan fingerprint density at radius 3 is 2.48 bits per heavy atom. The van der Waals surface area contributed by atoms with Gasteiger partial charge in [0.15, 0.2) is 0 Å². The van der Waals surface area contributed by atoms with Crippen molar-refractivity contribution in [1.82, 2.24) is 4.31 Å². The molecule has 2 rings (SSSR count). The molecule has 0 amide bonds. The van der Waals surface area contributed by atoms with E-state index in [2.05, 4.69) is 0 Å². The highest BCUT2D eigenvalue weighted by molar-refractivity contribution is 7.89. The van der Waals surface area contributed by atoms with E-state index >= 15 is 0 Å². The summed E-state index contributed by atoms with van der Waals surface area (Å²) in [4.78, 5) is 20.9. The number of aryl methyl sites for hydroxylation is 1. The highest BCUT2D eigenvalue weighted by atomic mass is 32.2. The molecule has 8 heteroatoms. The first-order valence-electron chi connectivity index (χ1n) is 6.56. The quantitative estimate of drug-likeness (QED) is 0.477. The topological polar surface area (TPSA) is 97.6 Å². The zero-order valence-corrected chi connectivity index (χ0v) is 12.4.